The van der Waals surface area contributed by atoms with Crippen LogP contribution in [0.3, 0.4) is 0 Å². The highest BCUT2D eigenvalue weighted by atomic mass is 16.3. The molecule has 0 spiro atoms. The molecule has 0 aliphatic carbocycles. The number of nitrogens with one attached hydrogen (secondary N) is 1. The molecule has 1 N–H and O–H groups in total. The van der Waals surface area contributed by atoms with Crippen LogP contribution in [-0.2, 0) is 13.1 Å². The minimum Gasteiger partial charge on any atom is -0.467 e. The zero-order valence-corrected chi connectivity index (χ0v) is 14.3. The number of hydrogen-bond acceptors (Lipinski definition) is 4. The van der Waals surface area contributed by atoms with E-state index in [2.05, 4.69) is 46.8 Å². The molecule has 26 heavy (non-hydrogen) atoms. The smallest absolute Gasteiger partial charge is 0.251 e. The van der Waals surface area contributed by atoms with Gasteiger partial charge in [0.15, 0.2) is 0 Å². The Bertz CT molecular complexity index is 1030. The summed E-state index contributed by atoms with van der Waals surface area (Å²) in [6.45, 7) is 3.05. The molecule has 0 saturated heterocycles. The number of amides is 1. The summed E-state index contributed by atoms with van der Waals surface area (Å²) in [5.74, 6) is 0.542. The first-order chi connectivity index (χ1) is 12.7. The van der Waals surface area contributed by atoms with Gasteiger partial charge >= 0.3 is 0 Å². The fourth-order valence-electron chi connectivity index (χ4n) is 2.78. The van der Waals surface area contributed by atoms with Crippen LogP contribution in [0, 0.1) is 6.92 Å². The number of benzene rings is 2. The lowest BCUT2D eigenvalue weighted by atomic mass is 10.1. The van der Waals surface area contributed by atoms with Gasteiger partial charge in [-0.3, -0.25) is 4.79 Å². The molecule has 0 atom stereocenters. The van der Waals surface area contributed by atoms with Gasteiger partial charge in [0.05, 0.1) is 24.9 Å². The zero-order valence-electron chi connectivity index (χ0n) is 14.3. The van der Waals surface area contributed by atoms with Crippen LogP contribution in [0.5, 0.6) is 0 Å². The van der Waals surface area contributed by atoms with Crippen molar-refractivity contribution in [3.8, 4) is 0 Å². The molecule has 0 aliphatic rings. The molecule has 0 bridgehead atoms. The van der Waals surface area contributed by atoms with Crippen molar-refractivity contribution in [2.24, 2.45) is 0 Å². The molecule has 0 radical (unpaired) electrons. The van der Waals surface area contributed by atoms with E-state index in [1.54, 1.807) is 24.5 Å². The average Bonchev–Trinajstić information content (AvgIpc) is 3.31. The van der Waals surface area contributed by atoms with E-state index in [1.165, 1.54) is 5.56 Å². The van der Waals surface area contributed by atoms with E-state index < -0.39 is 0 Å². The van der Waals surface area contributed by atoms with Crippen LogP contribution in [0.25, 0.3) is 11.0 Å². The Morgan fingerprint density at radius 1 is 1.15 bits per heavy atom. The SMILES string of the molecule is Cc1ccc(Cn2nnc3cc(C(=O)NCc4ccco4)ccc32)cc1. The van der Waals surface area contributed by atoms with Crippen molar-refractivity contribution in [2.45, 2.75) is 20.0 Å². The normalized spacial score (nSPS) is 11.0. The summed E-state index contributed by atoms with van der Waals surface area (Å²) in [5, 5.41) is 11.3. The maximum Gasteiger partial charge on any atom is 0.251 e. The maximum absolute atomic E-state index is 12.3. The molecule has 6 heteroatoms. The van der Waals surface area contributed by atoms with Crippen LogP contribution in [0.1, 0.15) is 27.2 Å². The Kier molecular flexibility index (Phi) is 4.23. The zero-order chi connectivity index (χ0) is 17.9. The molecular weight excluding hydrogens is 328 g/mol. The number of carbonyl (C=O) groups is 1. The second-order valence-corrected chi connectivity index (χ2v) is 6.20. The van der Waals surface area contributed by atoms with E-state index in [9.17, 15) is 4.79 Å². The number of nitrogens with zero attached hydrogens (tertiary/aromatic N) is 3. The minimum atomic E-state index is -0.170. The largest absolute Gasteiger partial charge is 0.467 e. The first-order valence-electron chi connectivity index (χ1n) is 8.38. The molecule has 6 nitrogen and oxygen atoms in total. The summed E-state index contributed by atoms with van der Waals surface area (Å²) in [4.78, 5) is 12.3. The lowest BCUT2D eigenvalue weighted by molar-refractivity contribution is 0.0948. The van der Waals surface area contributed by atoms with Gasteiger partial charge in [-0.1, -0.05) is 35.0 Å². The molecule has 0 fully saturated rings. The monoisotopic (exact) mass is 346 g/mol. The first-order valence-corrected chi connectivity index (χ1v) is 8.38. The van der Waals surface area contributed by atoms with E-state index in [0.29, 0.717) is 29.9 Å². The van der Waals surface area contributed by atoms with E-state index >= 15 is 0 Å². The predicted molar refractivity (Wildman–Crippen MR) is 97.7 cm³/mol. The van der Waals surface area contributed by atoms with Crippen LogP contribution in [0.4, 0.5) is 0 Å². The molecule has 0 aliphatic heterocycles. The molecule has 0 unspecified atom stereocenters. The summed E-state index contributed by atoms with van der Waals surface area (Å²) in [6.07, 6.45) is 1.58. The van der Waals surface area contributed by atoms with E-state index in [4.69, 9.17) is 4.42 Å². The Labute approximate surface area is 150 Å². The van der Waals surface area contributed by atoms with E-state index in [-0.39, 0.29) is 5.91 Å². The second kappa shape index (κ2) is 6.84. The fraction of sp³-hybridized carbons (Fsp3) is 0.150. The van der Waals surface area contributed by atoms with Gasteiger partial charge in [-0.2, -0.15) is 0 Å². The molecule has 1 amide bonds. The highest BCUT2D eigenvalue weighted by Gasteiger charge is 2.11. The van der Waals surface area contributed by atoms with Crippen LogP contribution in [-0.4, -0.2) is 20.9 Å². The number of aryl methyl sites for hydroxylation is 1. The van der Waals surface area contributed by atoms with Crippen molar-refractivity contribution < 1.29 is 9.21 Å². The van der Waals surface area contributed by atoms with Crippen LogP contribution >= 0.6 is 0 Å². The second-order valence-electron chi connectivity index (χ2n) is 6.20. The highest BCUT2D eigenvalue weighted by molar-refractivity contribution is 5.97. The third-order valence-electron chi connectivity index (χ3n) is 4.23. The predicted octanol–water partition coefficient (Wildman–Crippen LogP) is 3.31. The topological polar surface area (TPSA) is 73.0 Å². The van der Waals surface area contributed by atoms with Crippen LogP contribution in [0.15, 0.2) is 65.3 Å². The summed E-state index contributed by atoms with van der Waals surface area (Å²) in [5.41, 5.74) is 4.52. The van der Waals surface area contributed by atoms with Crippen molar-refractivity contribution in [2.75, 3.05) is 0 Å². The Morgan fingerprint density at radius 3 is 2.77 bits per heavy atom. The molecule has 130 valence electrons. The summed E-state index contributed by atoms with van der Waals surface area (Å²) < 4.78 is 7.05. The van der Waals surface area contributed by atoms with Gasteiger partial charge in [-0.25, -0.2) is 4.68 Å². The van der Waals surface area contributed by atoms with Crippen molar-refractivity contribution in [1.82, 2.24) is 20.3 Å². The lowest BCUT2D eigenvalue weighted by Gasteiger charge is -2.05. The number of rotatable bonds is 5. The van der Waals surface area contributed by atoms with Crippen molar-refractivity contribution in [3.05, 3.63) is 83.3 Å². The lowest BCUT2D eigenvalue weighted by Crippen LogP contribution is -2.22. The quantitative estimate of drug-likeness (QED) is 0.602. The fourth-order valence-corrected chi connectivity index (χ4v) is 2.78. The molecule has 0 saturated carbocycles. The highest BCUT2D eigenvalue weighted by Crippen LogP contribution is 2.15. The third kappa shape index (κ3) is 3.35. The minimum absolute atomic E-state index is 0.170. The first kappa shape index (κ1) is 16.1. The van der Waals surface area contributed by atoms with Crippen molar-refractivity contribution in [3.63, 3.8) is 0 Å². The molecular formula is C20H18N4O2. The van der Waals surface area contributed by atoms with Gasteiger partial charge < -0.3 is 9.73 Å². The molecule has 2 aromatic carbocycles. The van der Waals surface area contributed by atoms with E-state index in [0.717, 1.165) is 11.1 Å². The Balaban J connectivity index is 1.51. The van der Waals surface area contributed by atoms with E-state index in [1.807, 2.05) is 16.8 Å². The molecule has 2 aromatic heterocycles. The summed E-state index contributed by atoms with van der Waals surface area (Å²) >= 11 is 0. The van der Waals surface area contributed by atoms with Crippen molar-refractivity contribution in [1.29, 1.82) is 0 Å². The van der Waals surface area contributed by atoms with Gasteiger partial charge in [-0.05, 0) is 42.8 Å². The third-order valence-corrected chi connectivity index (χ3v) is 4.23. The van der Waals surface area contributed by atoms with Crippen LogP contribution in [0.2, 0.25) is 0 Å². The van der Waals surface area contributed by atoms with Gasteiger partial charge in [0.25, 0.3) is 5.91 Å². The number of fused-ring (bicyclic) bond motifs is 1. The molecule has 4 aromatic rings. The number of furan rings is 1. The number of carbonyl (C=O) groups excluding carboxylic acids is 1. The number of aromatic nitrogens is 3. The summed E-state index contributed by atoms with van der Waals surface area (Å²) in [7, 11) is 0. The van der Waals surface area contributed by atoms with Gasteiger partial charge in [0.1, 0.15) is 11.3 Å². The van der Waals surface area contributed by atoms with Crippen LogP contribution < -0.4 is 5.32 Å². The Hall–Kier alpha value is -3.41. The summed E-state index contributed by atoms with van der Waals surface area (Å²) in [6, 6.07) is 17.4. The average molecular weight is 346 g/mol. The van der Waals surface area contributed by atoms with Gasteiger partial charge in [0.2, 0.25) is 0 Å². The maximum atomic E-state index is 12.3. The molecule has 2 heterocycles. The molecule has 4 rings (SSSR count). The van der Waals surface area contributed by atoms with Crippen molar-refractivity contribution >= 4 is 16.9 Å². The van der Waals surface area contributed by atoms with Gasteiger partial charge in [-0.15, -0.1) is 5.10 Å². The number of hydrogen-bond donors (Lipinski definition) is 1. The van der Waals surface area contributed by atoms with Gasteiger partial charge in [0, 0.05) is 5.56 Å². The Morgan fingerprint density at radius 2 is 2.00 bits per heavy atom. The standard InChI is InChI=1S/C20H18N4O2/c1-14-4-6-15(7-5-14)13-24-19-9-8-16(11-18(19)22-23-24)20(25)21-12-17-3-2-10-26-17/h2-11H,12-13H2,1H3,(H,21,25).